The third-order valence-corrected chi connectivity index (χ3v) is 6.43. The summed E-state index contributed by atoms with van der Waals surface area (Å²) in [4.78, 5) is 16.5. The van der Waals surface area contributed by atoms with Gasteiger partial charge in [0.15, 0.2) is 0 Å². The molecule has 4 rings (SSSR count). The minimum absolute atomic E-state index is 0. The maximum absolute atomic E-state index is 13.3. The van der Waals surface area contributed by atoms with E-state index in [4.69, 9.17) is 4.74 Å². The highest BCUT2D eigenvalue weighted by Crippen LogP contribution is 2.39. The van der Waals surface area contributed by atoms with Gasteiger partial charge in [-0.05, 0) is 57.4 Å². The first kappa shape index (κ1) is 25.7. The number of fused-ring (bicyclic) bond motifs is 1. The highest BCUT2D eigenvalue weighted by Gasteiger charge is 2.28. The summed E-state index contributed by atoms with van der Waals surface area (Å²) in [5.74, 6) is 0.379. The van der Waals surface area contributed by atoms with E-state index in [1.165, 1.54) is 0 Å². The zero-order valence-corrected chi connectivity index (χ0v) is 21.2. The van der Waals surface area contributed by atoms with Crippen molar-refractivity contribution in [1.29, 1.82) is 0 Å². The van der Waals surface area contributed by atoms with Gasteiger partial charge < -0.3 is 19.3 Å². The number of para-hydroxylation sites is 1. The standard InChI is InChI=1S/C27H28N2O3S.ClH/c1-4-32-27(31)26-23(18-33-20-13-9-6-10-14-20)29(19-11-7-5-8-12-19)22-15-16-24(30)21(25(22)26)17-28(2)3;/h5-16,30H,4,17-18H2,1-3H3;1H. The fraction of sp³-hybridized carbons (Fsp3) is 0.222. The summed E-state index contributed by atoms with van der Waals surface area (Å²) in [6, 6.07) is 23.7. The number of phenols is 1. The van der Waals surface area contributed by atoms with Crippen LogP contribution in [0.2, 0.25) is 0 Å². The maximum atomic E-state index is 13.3. The molecule has 0 aliphatic rings. The van der Waals surface area contributed by atoms with Crippen molar-refractivity contribution in [1.82, 2.24) is 9.47 Å². The summed E-state index contributed by atoms with van der Waals surface area (Å²) in [5, 5.41) is 11.5. The van der Waals surface area contributed by atoms with Crippen LogP contribution in [-0.2, 0) is 17.0 Å². The lowest BCUT2D eigenvalue weighted by atomic mass is 10.0. The fourth-order valence-electron chi connectivity index (χ4n) is 4.07. The van der Waals surface area contributed by atoms with Gasteiger partial charge in [0.05, 0.1) is 17.7 Å². The molecule has 1 N–H and O–H groups in total. The number of aromatic hydroxyl groups is 1. The largest absolute Gasteiger partial charge is 0.508 e. The Morgan fingerprint density at radius 2 is 1.65 bits per heavy atom. The number of ether oxygens (including phenoxy) is 1. The number of phenolic OH excluding ortho intramolecular Hbond substituents is 1. The van der Waals surface area contributed by atoms with E-state index >= 15 is 0 Å². The Morgan fingerprint density at radius 3 is 2.26 bits per heavy atom. The highest BCUT2D eigenvalue weighted by atomic mass is 35.5. The molecule has 5 nitrogen and oxygen atoms in total. The summed E-state index contributed by atoms with van der Waals surface area (Å²) >= 11 is 1.67. The van der Waals surface area contributed by atoms with Crippen LogP contribution in [-0.4, -0.2) is 41.2 Å². The van der Waals surface area contributed by atoms with Gasteiger partial charge in [-0.3, -0.25) is 0 Å². The summed E-state index contributed by atoms with van der Waals surface area (Å²) < 4.78 is 7.64. The number of hydrogen-bond donors (Lipinski definition) is 1. The molecule has 0 amide bonds. The topological polar surface area (TPSA) is 54.7 Å². The predicted molar refractivity (Wildman–Crippen MR) is 142 cm³/mol. The quantitative estimate of drug-likeness (QED) is 0.229. The van der Waals surface area contributed by atoms with Gasteiger partial charge in [0.1, 0.15) is 5.75 Å². The van der Waals surface area contributed by atoms with Crippen molar-refractivity contribution in [2.75, 3.05) is 20.7 Å². The molecule has 0 fully saturated rings. The Hall–Kier alpha value is -2.93. The normalized spacial score (nSPS) is 10.9. The van der Waals surface area contributed by atoms with E-state index in [2.05, 4.69) is 16.7 Å². The van der Waals surface area contributed by atoms with E-state index in [1.807, 2.05) is 80.5 Å². The van der Waals surface area contributed by atoms with Crippen LogP contribution in [0.15, 0.2) is 77.7 Å². The first-order chi connectivity index (χ1) is 16.0. The van der Waals surface area contributed by atoms with E-state index in [9.17, 15) is 9.90 Å². The summed E-state index contributed by atoms with van der Waals surface area (Å²) in [6.07, 6.45) is 0. The lowest BCUT2D eigenvalue weighted by molar-refractivity contribution is 0.0527. The molecule has 0 aliphatic heterocycles. The number of hydrogen-bond acceptors (Lipinski definition) is 5. The van der Waals surface area contributed by atoms with Crippen molar-refractivity contribution >= 4 is 41.0 Å². The Morgan fingerprint density at radius 1 is 1.00 bits per heavy atom. The monoisotopic (exact) mass is 496 g/mol. The van der Waals surface area contributed by atoms with Crippen LogP contribution >= 0.6 is 24.2 Å². The average Bonchev–Trinajstić information content (AvgIpc) is 3.15. The second-order valence-corrected chi connectivity index (χ2v) is 9.06. The first-order valence-electron chi connectivity index (χ1n) is 10.9. The number of thioether (sulfide) groups is 1. The smallest absolute Gasteiger partial charge is 0.340 e. The van der Waals surface area contributed by atoms with Gasteiger partial charge in [-0.15, -0.1) is 24.2 Å². The lowest BCUT2D eigenvalue weighted by Crippen LogP contribution is -2.13. The van der Waals surface area contributed by atoms with E-state index in [0.29, 0.717) is 17.9 Å². The Kier molecular flexibility index (Phi) is 8.67. The van der Waals surface area contributed by atoms with Crippen molar-refractivity contribution in [3.8, 4) is 11.4 Å². The van der Waals surface area contributed by atoms with Crippen molar-refractivity contribution in [2.24, 2.45) is 0 Å². The van der Waals surface area contributed by atoms with E-state index in [-0.39, 0.29) is 30.7 Å². The number of rotatable bonds is 8. The molecule has 7 heteroatoms. The second kappa shape index (κ2) is 11.5. The Labute approximate surface area is 210 Å². The molecule has 1 aromatic heterocycles. The predicted octanol–water partition coefficient (Wildman–Crippen LogP) is 6.29. The third-order valence-electron chi connectivity index (χ3n) is 5.40. The molecular formula is C27H29ClN2O3S. The Bertz CT molecular complexity index is 1260. The van der Waals surface area contributed by atoms with Crippen LogP contribution in [0, 0.1) is 0 Å². The summed E-state index contributed by atoms with van der Waals surface area (Å²) in [6.45, 7) is 2.59. The summed E-state index contributed by atoms with van der Waals surface area (Å²) in [7, 11) is 3.89. The van der Waals surface area contributed by atoms with Gasteiger partial charge in [0, 0.05) is 39.5 Å². The van der Waals surface area contributed by atoms with Crippen LogP contribution < -0.4 is 0 Å². The molecule has 0 radical (unpaired) electrons. The molecule has 0 saturated carbocycles. The van der Waals surface area contributed by atoms with Crippen molar-refractivity contribution in [2.45, 2.75) is 24.1 Å². The zero-order chi connectivity index (χ0) is 23.4. The SMILES string of the molecule is CCOC(=O)c1c(CSc2ccccc2)n(-c2ccccc2)c2ccc(O)c(CN(C)C)c12.Cl. The maximum Gasteiger partial charge on any atom is 0.340 e. The Balaban J connectivity index is 0.00000324. The number of carbonyl (C=O) groups is 1. The average molecular weight is 497 g/mol. The minimum atomic E-state index is -0.369. The highest BCUT2D eigenvalue weighted by molar-refractivity contribution is 7.98. The van der Waals surface area contributed by atoms with Gasteiger partial charge in [0.2, 0.25) is 0 Å². The van der Waals surface area contributed by atoms with Crippen LogP contribution in [0.3, 0.4) is 0 Å². The van der Waals surface area contributed by atoms with Crippen molar-refractivity contribution in [3.05, 3.63) is 89.6 Å². The van der Waals surface area contributed by atoms with Crippen molar-refractivity contribution in [3.63, 3.8) is 0 Å². The molecule has 0 bridgehead atoms. The number of esters is 1. The molecule has 4 aromatic rings. The van der Waals surface area contributed by atoms with E-state index in [0.717, 1.165) is 32.7 Å². The number of halogens is 1. The first-order valence-corrected chi connectivity index (χ1v) is 11.9. The fourth-order valence-corrected chi connectivity index (χ4v) is 4.99. The molecule has 0 aliphatic carbocycles. The number of benzene rings is 3. The third kappa shape index (κ3) is 5.25. The molecule has 3 aromatic carbocycles. The molecule has 0 spiro atoms. The summed E-state index contributed by atoms with van der Waals surface area (Å²) in [5.41, 5.74) is 3.94. The van der Waals surface area contributed by atoms with Gasteiger partial charge in [-0.25, -0.2) is 4.79 Å². The van der Waals surface area contributed by atoms with Crippen LogP contribution in [0.25, 0.3) is 16.6 Å². The van der Waals surface area contributed by atoms with E-state index in [1.54, 1.807) is 17.8 Å². The molecule has 34 heavy (non-hydrogen) atoms. The molecule has 0 atom stereocenters. The number of aromatic nitrogens is 1. The van der Waals surface area contributed by atoms with Crippen LogP contribution in [0.4, 0.5) is 0 Å². The molecule has 0 unspecified atom stereocenters. The number of carbonyl (C=O) groups excluding carboxylic acids is 1. The zero-order valence-electron chi connectivity index (χ0n) is 19.5. The van der Waals surface area contributed by atoms with Gasteiger partial charge in [-0.2, -0.15) is 0 Å². The van der Waals surface area contributed by atoms with Gasteiger partial charge >= 0.3 is 5.97 Å². The molecular weight excluding hydrogens is 468 g/mol. The van der Waals surface area contributed by atoms with E-state index < -0.39 is 0 Å². The van der Waals surface area contributed by atoms with Crippen LogP contribution in [0.1, 0.15) is 28.5 Å². The van der Waals surface area contributed by atoms with Gasteiger partial charge in [-0.1, -0.05) is 36.4 Å². The van der Waals surface area contributed by atoms with Crippen LogP contribution in [0.5, 0.6) is 5.75 Å². The molecule has 0 saturated heterocycles. The second-order valence-electron chi connectivity index (χ2n) is 8.01. The van der Waals surface area contributed by atoms with Crippen molar-refractivity contribution < 1.29 is 14.6 Å². The van der Waals surface area contributed by atoms with Gasteiger partial charge in [0.25, 0.3) is 0 Å². The lowest BCUT2D eigenvalue weighted by Gasteiger charge is -2.14. The molecule has 178 valence electrons. The molecule has 1 heterocycles. The minimum Gasteiger partial charge on any atom is -0.508 e. The number of nitrogens with zero attached hydrogens (tertiary/aromatic N) is 2.